The number of aldehydes is 1. The second-order valence-electron chi connectivity index (χ2n) is 5.93. The van der Waals surface area contributed by atoms with Crippen LogP contribution in [0, 0.1) is 0 Å². The van der Waals surface area contributed by atoms with E-state index in [-0.39, 0.29) is 18.0 Å². The smallest absolute Gasteiger partial charge is 0.237 e. The summed E-state index contributed by atoms with van der Waals surface area (Å²) < 4.78 is 0. The summed E-state index contributed by atoms with van der Waals surface area (Å²) in [5.41, 5.74) is 0. The Morgan fingerprint density at radius 1 is 1.29 bits per heavy atom. The first-order chi connectivity index (χ1) is 10.3. The van der Waals surface area contributed by atoms with Gasteiger partial charge in [0.05, 0.1) is 18.6 Å². The normalized spacial score (nSPS) is 27.0. The van der Waals surface area contributed by atoms with Gasteiger partial charge in [-0.05, 0) is 43.7 Å². The van der Waals surface area contributed by atoms with E-state index in [4.69, 9.17) is 0 Å². The van der Waals surface area contributed by atoms with Gasteiger partial charge in [-0.1, -0.05) is 12.5 Å². The van der Waals surface area contributed by atoms with E-state index < -0.39 is 0 Å². The molecule has 2 saturated heterocycles. The zero-order chi connectivity index (χ0) is 14.7. The van der Waals surface area contributed by atoms with Crippen LogP contribution in [-0.4, -0.2) is 47.7 Å². The summed E-state index contributed by atoms with van der Waals surface area (Å²) in [7, 11) is 0. The Bertz CT molecular complexity index is 488. The quantitative estimate of drug-likeness (QED) is 0.802. The molecule has 5 heteroatoms. The van der Waals surface area contributed by atoms with Crippen LogP contribution in [-0.2, 0) is 9.59 Å². The maximum absolute atomic E-state index is 12.7. The Hall–Kier alpha value is -1.20. The minimum atomic E-state index is -0.0644. The van der Waals surface area contributed by atoms with Crippen molar-refractivity contribution in [3.8, 4) is 0 Å². The molecule has 0 bridgehead atoms. The molecule has 2 fully saturated rings. The van der Waals surface area contributed by atoms with Crippen LogP contribution < -0.4 is 0 Å². The molecule has 2 aliphatic rings. The lowest BCUT2D eigenvalue weighted by Crippen LogP contribution is -2.47. The van der Waals surface area contributed by atoms with E-state index in [0.717, 1.165) is 51.5 Å². The van der Waals surface area contributed by atoms with Gasteiger partial charge in [0.1, 0.15) is 6.29 Å². The molecule has 1 aromatic heterocycles. The standard InChI is InChI=1S/C16H22N2O2S/c19-12-13-5-1-2-8-17(13)11-16(20)18-9-3-6-14(18)15-7-4-10-21-15/h4,7,10,12-14H,1-3,5-6,8-9,11H2. The van der Waals surface area contributed by atoms with Crippen LogP contribution in [0.2, 0.25) is 0 Å². The summed E-state index contributed by atoms with van der Waals surface area (Å²) in [5, 5.41) is 2.07. The van der Waals surface area contributed by atoms with Crippen molar-refractivity contribution in [1.82, 2.24) is 9.80 Å². The highest BCUT2D eigenvalue weighted by Crippen LogP contribution is 2.34. The number of amides is 1. The van der Waals surface area contributed by atoms with Gasteiger partial charge in [0, 0.05) is 11.4 Å². The first-order valence-corrected chi connectivity index (χ1v) is 8.70. The molecule has 0 aliphatic carbocycles. The van der Waals surface area contributed by atoms with Gasteiger partial charge in [0.2, 0.25) is 5.91 Å². The lowest BCUT2D eigenvalue weighted by molar-refractivity contribution is -0.134. The minimum Gasteiger partial charge on any atom is -0.334 e. The number of carbonyl (C=O) groups is 2. The molecule has 0 N–H and O–H groups in total. The maximum Gasteiger partial charge on any atom is 0.237 e. The fraction of sp³-hybridized carbons (Fsp3) is 0.625. The van der Waals surface area contributed by atoms with E-state index in [1.165, 1.54) is 4.88 Å². The predicted molar refractivity (Wildman–Crippen MR) is 83.3 cm³/mol. The number of thiophene rings is 1. The third kappa shape index (κ3) is 3.19. The Labute approximate surface area is 129 Å². The predicted octanol–water partition coefficient (Wildman–Crippen LogP) is 2.47. The van der Waals surface area contributed by atoms with Crippen LogP contribution in [0.3, 0.4) is 0 Å². The molecule has 4 nitrogen and oxygen atoms in total. The van der Waals surface area contributed by atoms with Crippen LogP contribution in [0.15, 0.2) is 17.5 Å². The largest absolute Gasteiger partial charge is 0.334 e. The minimum absolute atomic E-state index is 0.0644. The van der Waals surface area contributed by atoms with Crippen molar-refractivity contribution in [2.24, 2.45) is 0 Å². The molecular formula is C16H22N2O2S. The lowest BCUT2D eigenvalue weighted by atomic mass is 10.0. The van der Waals surface area contributed by atoms with Crippen LogP contribution in [0.1, 0.15) is 43.0 Å². The van der Waals surface area contributed by atoms with Gasteiger partial charge in [-0.2, -0.15) is 0 Å². The van der Waals surface area contributed by atoms with Crippen molar-refractivity contribution in [2.75, 3.05) is 19.6 Å². The van der Waals surface area contributed by atoms with Crippen molar-refractivity contribution < 1.29 is 9.59 Å². The van der Waals surface area contributed by atoms with E-state index in [0.29, 0.717) is 6.54 Å². The molecule has 114 valence electrons. The topological polar surface area (TPSA) is 40.6 Å². The fourth-order valence-corrected chi connectivity index (χ4v) is 4.35. The molecule has 0 radical (unpaired) electrons. The molecule has 2 atom stereocenters. The Balaban J connectivity index is 1.65. The van der Waals surface area contributed by atoms with E-state index in [2.05, 4.69) is 16.3 Å². The van der Waals surface area contributed by atoms with Crippen LogP contribution in [0.5, 0.6) is 0 Å². The van der Waals surface area contributed by atoms with E-state index in [1.807, 2.05) is 11.0 Å². The van der Waals surface area contributed by atoms with E-state index in [9.17, 15) is 9.59 Å². The second-order valence-corrected chi connectivity index (χ2v) is 6.91. The van der Waals surface area contributed by atoms with Gasteiger partial charge in [-0.25, -0.2) is 0 Å². The maximum atomic E-state index is 12.7. The summed E-state index contributed by atoms with van der Waals surface area (Å²) >= 11 is 1.73. The highest BCUT2D eigenvalue weighted by Gasteiger charge is 2.32. The van der Waals surface area contributed by atoms with Crippen LogP contribution in [0.4, 0.5) is 0 Å². The average molecular weight is 306 g/mol. The molecular weight excluding hydrogens is 284 g/mol. The molecule has 2 unspecified atom stereocenters. The van der Waals surface area contributed by atoms with Crippen molar-refractivity contribution >= 4 is 23.5 Å². The first-order valence-electron chi connectivity index (χ1n) is 7.82. The highest BCUT2D eigenvalue weighted by molar-refractivity contribution is 7.10. The fourth-order valence-electron chi connectivity index (χ4n) is 3.47. The first kappa shape index (κ1) is 14.7. The number of nitrogens with zero attached hydrogens (tertiary/aromatic N) is 2. The van der Waals surface area contributed by atoms with Crippen LogP contribution in [0.25, 0.3) is 0 Å². The molecule has 3 heterocycles. The molecule has 0 saturated carbocycles. The van der Waals surface area contributed by atoms with Gasteiger partial charge < -0.3 is 9.69 Å². The third-order valence-corrected chi connectivity index (χ3v) is 5.58. The van der Waals surface area contributed by atoms with Gasteiger partial charge in [-0.15, -0.1) is 11.3 Å². The van der Waals surface area contributed by atoms with Gasteiger partial charge in [-0.3, -0.25) is 9.69 Å². The number of likely N-dealkylation sites (tertiary alicyclic amines) is 2. The van der Waals surface area contributed by atoms with Gasteiger partial charge in [0.15, 0.2) is 0 Å². The molecule has 2 aliphatic heterocycles. The third-order valence-electron chi connectivity index (χ3n) is 4.60. The number of piperidine rings is 1. The Morgan fingerprint density at radius 2 is 2.19 bits per heavy atom. The zero-order valence-electron chi connectivity index (χ0n) is 12.2. The second kappa shape index (κ2) is 6.71. The summed E-state index contributed by atoms with van der Waals surface area (Å²) in [6, 6.07) is 4.35. The summed E-state index contributed by atoms with van der Waals surface area (Å²) in [4.78, 5) is 29.2. The average Bonchev–Trinajstić information content (AvgIpc) is 3.18. The highest BCUT2D eigenvalue weighted by atomic mass is 32.1. The van der Waals surface area contributed by atoms with Crippen LogP contribution >= 0.6 is 11.3 Å². The van der Waals surface area contributed by atoms with Crippen molar-refractivity contribution in [3.63, 3.8) is 0 Å². The summed E-state index contributed by atoms with van der Waals surface area (Å²) in [5.74, 6) is 0.180. The molecule has 1 amide bonds. The number of rotatable bonds is 4. The number of hydrogen-bond acceptors (Lipinski definition) is 4. The molecule has 0 spiro atoms. The molecule has 3 rings (SSSR count). The van der Waals surface area contributed by atoms with Gasteiger partial charge in [0.25, 0.3) is 0 Å². The number of hydrogen-bond donors (Lipinski definition) is 0. The van der Waals surface area contributed by atoms with Crippen molar-refractivity contribution in [1.29, 1.82) is 0 Å². The SMILES string of the molecule is O=CC1CCCCN1CC(=O)N1CCCC1c1cccs1. The monoisotopic (exact) mass is 306 g/mol. The van der Waals surface area contributed by atoms with Gasteiger partial charge >= 0.3 is 0 Å². The summed E-state index contributed by atoms with van der Waals surface area (Å²) in [6.07, 6.45) is 6.22. The van der Waals surface area contributed by atoms with E-state index >= 15 is 0 Å². The van der Waals surface area contributed by atoms with Crippen molar-refractivity contribution in [2.45, 2.75) is 44.2 Å². The number of carbonyl (C=O) groups excluding carboxylic acids is 2. The van der Waals surface area contributed by atoms with Crippen molar-refractivity contribution in [3.05, 3.63) is 22.4 Å². The molecule has 1 aromatic rings. The van der Waals surface area contributed by atoms with E-state index in [1.54, 1.807) is 11.3 Å². The molecule has 0 aromatic carbocycles. The Morgan fingerprint density at radius 3 is 2.95 bits per heavy atom. The lowest BCUT2D eigenvalue weighted by Gasteiger charge is -2.34. The zero-order valence-corrected chi connectivity index (χ0v) is 13.1. The summed E-state index contributed by atoms with van der Waals surface area (Å²) in [6.45, 7) is 2.11. The Kier molecular flexibility index (Phi) is 4.70. The molecule has 21 heavy (non-hydrogen) atoms.